The van der Waals surface area contributed by atoms with E-state index in [4.69, 9.17) is 10.00 Å². The van der Waals surface area contributed by atoms with Crippen LogP contribution in [0.3, 0.4) is 0 Å². The van der Waals surface area contributed by atoms with E-state index < -0.39 is 0 Å². The summed E-state index contributed by atoms with van der Waals surface area (Å²) < 4.78 is 5.52. The maximum atomic E-state index is 8.75. The Labute approximate surface area is 73.5 Å². The molecule has 66 valence electrons. The minimum Gasteiger partial charge on any atom is -0.350 e. The molecule has 2 fully saturated rings. The number of nitrogens with zero attached hydrogens (tertiary/aromatic N) is 1. The summed E-state index contributed by atoms with van der Waals surface area (Å²) in [5.74, 6) is 1.32. The average Bonchev–Trinajstić information content (AvgIpc) is 2.73. The standard InChI is InChI=1S/C10H15NO/c1-7-3-4-8(2)10(5-7)9(6-11)12-10/h7-9H,3-5H2,1-2H3. The smallest absolute Gasteiger partial charge is 0.173 e. The van der Waals surface area contributed by atoms with Crippen LogP contribution < -0.4 is 0 Å². The quantitative estimate of drug-likeness (QED) is 0.515. The van der Waals surface area contributed by atoms with Crippen molar-refractivity contribution in [3.63, 3.8) is 0 Å². The zero-order valence-electron chi connectivity index (χ0n) is 7.71. The highest BCUT2D eigenvalue weighted by molar-refractivity contribution is 5.17. The van der Waals surface area contributed by atoms with Gasteiger partial charge in [0.25, 0.3) is 0 Å². The van der Waals surface area contributed by atoms with Gasteiger partial charge in [0.05, 0.1) is 6.07 Å². The average molecular weight is 165 g/mol. The van der Waals surface area contributed by atoms with Crippen LogP contribution in [0.4, 0.5) is 0 Å². The Kier molecular flexibility index (Phi) is 1.66. The summed E-state index contributed by atoms with van der Waals surface area (Å²) in [6, 6.07) is 2.23. The summed E-state index contributed by atoms with van der Waals surface area (Å²) in [6.07, 6.45) is 3.51. The van der Waals surface area contributed by atoms with Gasteiger partial charge in [0.1, 0.15) is 5.60 Å². The minimum absolute atomic E-state index is 0.0353. The molecule has 2 rings (SSSR count). The third-order valence-electron chi connectivity index (χ3n) is 3.44. The first kappa shape index (κ1) is 8.07. The highest BCUT2D eigenvalue weighted by Crippen LogP contribution is 2.52. The Morgan fingerprint density at radius 2 is 2.17 bits per heavy atom. The fraction of sp³-hybridized carbons (Fsp3) is 0.900. The fourth-order valence-electron chi connectivity index (χ4n) is 2.48. The lowest BCUT2D eigenvalue weighted by atomic mass is 9.74. The molecule has 4 atom stereocenters. The third-order valence-corrected chi connectivity index (χ3v) is 3.44. The Morgan fingerprint density at radius 3 is 2.75 bits per heavy atom. The first-order valence-corrected chi connectivity index (χ1v) is 4.76. The summed E-state index contributed by atoms with van der Waals surface area (Å²) in [5.41, 5.74) is -0.0353. The lowest BCUT2D eigenvalue weighted by Crippen LogP contribution is -2.31. The van der Waals surface area contributed by atoms with Gasteiger partial charge in [-0.2, -0.15) is 5.26 Å². The van der Waals surface area contributed by atoms with Gasteiger partial charge in [0.2, 0.25) is 0 Å². The van der Waals surface area contributed by atoms with Crippen LogP contribution >= 0.6 is 0 Å². The van der Waals surface area contributed by atoms with Crippen LogP contribution in [-0.2, 0) is 4.74 Å². The molecule has 1 heterocycles. The van der Waals surface area contributed by atoms with Gasteiger partial charge in [0.15, 0.2) is 6.10 Å². The van der Waals surface area contributed by atoms with Crippen molar-refractivity contribution >= 4 is 0 Å². The fourth-order valence-corrected chi connectivity index (χ4v) is 2.48. The van der Waals surface area contributed by atoms with Gasteiger partial charge < -0.3 is 4.74 Å². The summed E-state index contributed by atoms with van der Waals surface area (Å²) in [5, 5.41) is 8.75. The summed E-state index contributed by atoms with van der Waals surface area (Å²) in [6.45, 7) is 4.47. The van der Waals surface area contributed by atoms with Gasteiger partial charge in [-0.15, -0.1) is 0 Å². The van der Waals surface area contributed by atoms with Crippen molar-refractivity contribution in [1.29, 1.82) is 5.26 Å². The second-order valence-electron chi connectivity index (χ2n) is 4.37. The molecule has 0 aromatic carbocycles. The van der Waals surface area contributed by atoms with Crippen LogP contribution in [0.15, 0.2) is 0 Å². The number of ether oxygens (including phenoxy) is 1. The zero-order valence-corrected chi connectivity index (χ0v) is 7.71. The van der Waals surface area contributed by atoms with Crippen molar-refractivity contribution in [3.8, 4) is 6.07 Å². The highest BCUT2D eigenvalue weighted by atomic mass is 16.6. The van der Waals surface area contributed by atoms with Crippen molar-refractivity contribution in [2.75, 3.05) is 0 Å². The number of epoxide rings is 1. The number of hydrogen-bond donors (Lipinski definition) is 0. The summed E-state index contributed by atoms with van der Waals surface area (Å²) in [7, 11) is 0. The molecule has 1 saturated heterocycles. The predicted octanol–water partition coefficient (Wildman–Crippen LogP) is 2.10. The van der Waals surface area contributed by atoms with Crippen LogP contribution in [0.5, 0.6) is 0 Å². The molecule has 1 aliphatic heterocycles. The molecule has 1 saturated carbocycles. The molecular formula is C10H15NO. The van der Waals surface area contributed by atoms with Crippen molar-refractivity contribution < 1.29 is 4.74 Å². The van der Waals surface area contributed by atoms with Crippen molar-refractivity contribution in [3.05, 3.63) is 0 Å². The number of nitriles is 1. The lowest BCUT2D eigenvalue weighted by molar-refractivity contribution is 0.138. The first-order chi connectivity index (χ1) is 5.69. The molecule has 4 unspecified atom stereocenters. The molecule has 0 radical (unpaired) electrons. The van der Waals surface area contributed by atoms with Gasteiger partial charge >= 0.3 is 0 Å². The second kappa shape index (κ2) is 2.47. The number of hydrogen-bond acceptors (Lipinski definition) is 2. The van der Waals surface area contributed by atoms with Crippen LogP contribution in [-0.4, -0.2) is 11.7 Å². The molecule has 0 N–H and O–H groups in total. The minimum atomic E-state index is -0.102. The molecule has 12 heavy (non-hydrogen) atoms. The van der Waals surface area contributed by atoms with Crippen molar-refractivity contribution in [1.82, 2.24) is 0 Å². The molecular weight excluding hydrogens is 150 g/mol. The second-order valence-corrected chi connectivity index (χ2v) is 4.37. The van der Waals surface area contributed by atoms with Gasteiger partial charge in [-0.3, -0.25) is 0 Å². The maximum absolute atomic E-state index is 8.75. The van der Waals surface area contributed by atoms with Crippen LogP contribution in [0.25, 0.3) is 0 Å². The van der Waals surface area contributed by atoms with Crippen molar-refractivity contribution in [2.24, 2.45) is 11.8 Å². The van der Waals surface area contributed by atoms with Crippen LogP contribution in [0.2, 0.25) is 0 Å². The Morgan fingerprint density at radius 1 is 1.42 bits per heavy atom. The SMILES string of the molecule is CC1CCC(C)C2(C1)OC2C#N. The van der Waals surface area contributed by atoms with E-state index in [0.29, 0.717) is 5.92 Å². The first-order valence-electron chi connectivity index (χ1n) is 4.76. The molecule has 0 aromatic rings. The van der Waals surface area contributed by atoms with Gasteiger partial charge in [-0.05, 0) is 24.7 Å². The molecule has 0 aromatic heterocycles. The van der Waals surface area contributed by atoms with Crippen LogP contribution in [0.1, 0.15) is 33.1 Å². The summed E-state index contributed by atoms with van der Waals surface area (Å²) >= 11 is 0. The van der Waals surface area contributed by atoms with E-state index in [1.165, 1.54) is 12.8 Å². The Balaban J connectivity index is 2.10. The van der Waals surface area contributed by atoms with E-state index in [1.807, 2.05) is 0 Å². The molecule has 0 bridgehead atoms. The normalized spacial score (nSPS) is 51.9. The Hall–Kier alpha value is -0.550. The molecule has 2 nitrogen and oxygen atoms in total. The van der Waals surface area contributed by atoms with E-state index in [2.05, 4.69) is 19.9 Å². The van der Waals surface area contributed by atoms with E-state index in [0.717, 1.165) is 12.3 Å². The van der Waals surface area contributed by atoms with Gasteiger partial charge in [-0.25, -0.2) is 0 Å². The molecule has 1 spiro atoms. The largest absolute Gasteiger partial charge is 0.350 e. The maximum Gasteiger partial charge on any atom is 0.173 e. The summed E-state index contributed by atoms with van der Waals surface area (Å²) in [4.78, 5) is 0. The van der Waals surface area contributed by atoms with Gasteiger partial charge in [-0.1, -0.05) is 20.3 Å². The molecule has 2 aliphatic rings. The highest BCUT2D eigenvalue weighted by Gasteiger charge is 2.61. The molecule has 0 amide bonds. The zero-order chi connectivity index (χ0) is 8.77. The van der Waals surface area contributed by atoms with E-state index >= 15 is 0 Å². The Bertz CT molecular complexity index is 232. The molecule has 1 aliphatic carbocycles. The topological polar surface area (TPSA) is 36.3 Å². The predicted molar refractivity (Wildman–Crippen MR) is 45.4 cm³/mol. The third kappa shape index (κ3) is 0.964. The molecule has 2 heteroatoms. The van der Waals surface area contributed by atoms with Crippen LogP contribution in [0, 0.1) is 23.2 Å². The van der Waals surface area contributed by atoms with E-state index in [1.54, 1.807) is 0 Å². The lowest BCUT2D eigenvalue weighted by Gasteiger charge is -2.29. The number of rotatable bonds is 0. The van der Waals surface area contributed by atoms with Gasteiger partial charge in [0, 0.05) is 0 Å². The van der Waals surface area contributed by atoms with E-state index in [9.17, 15) is 0 Å². The monoisotopic (exact) mass is 165 g/mol. The van der Waals surface area contributed by atoms with Crippen molar-refractivity contribution in [2.45, 2.75) is 44.8 Å². The van der Waals surface area contributed by atoms with E-state index in [-0.39, 0.29) is 11.7 Å².